The Bertz CT molecular complexity index is 949. The van der Waals surface area contributed by atoms with Gasteiger partial charge in [-0.2, -0.15) is 0 Å². The second kappa shape index (κ2) is 6.96. The van der Waals surface area contributed by atoms with E-state index in [2.05, 4.69) is 4.98 Å². The second-order valence-electron chi connectivity index (χ2n) is 6.31. The number of fused-ring (bicyclic) bond motifs is 2. The third-order valence-electron chi connectivity index (χ3n) is 4.97. The summed E-state index contributed by atoms with van der Waals surface area (Å²) in [5.74, 6) is -2.25. The quantitative estimate of drug-likeness (QED) is 0.346. The van der Waals surface area contributed by atoms with Crippen molar-refractivity contribution in [3.63, 3.8) is 0 Å². The number of amides is 1. The topological polar surface area (TPSA) is 98.0 Å². The number of thiazole rings is 1. The maximum Gasteiger partial charge on any atom is 1.00 e. The Hall–Kier alpha value is -0.840. The van der Waals surface area contributed by atoms with Gasteiger partial charge in [-0.05, 0) is 32.1 Å². The Balaban J connectivity index is 0.00000196. The number of thioether (sulfide) groups is 1. The summed E-state index contributed by atoms with van der Waals surface area (Å²) in [7, 11) is 0. The summed E-state index contributed by atoms with van der Waals surface area (Å²) >= 11 is 3.00. The molecule has 10 heteroatoms. The number of carbonyl (C=O) groups is 2. The smallest absolute Gasteiger partial charge is 0.543 e. The molecule has 0 bridgehead atoms. The van der Waals surface area contributed by atoms with Crippen molar-refractivity contribution in [1.82, 2.24) is 14.3 Å². The third-order valence-corrected chi connectivity index (χ3v) is 7.11. The molecule has 2 aromatic rings. The van der Waals surface area contributed by atoms with Crippen LogP contribution in [0.4, 0.5) is 0 Å². The van der Waals surface area contributed by atoms with Crippen molar-refractivity contribution < 1.29 is 49.4 Å². The van der Waals surface area contributed by atoms with Gasteiger partial charge in [-0.25, -0.2) is 4.98 Å². The van der Waals surface area contributed by atoms with Crippen LogP contribution in [0.15, 0.2) is 17.1 Å². The van der Waals surface area contributed by atoms with Crippen molar-refractivity contribution in [2.45, 2.75) is 37.4 Å². The Morgan fingerprint density at radius 2 is 2.23 bits per heavy atom. The molecule has 7 nitrogen and oxygen atoms in total. The van der Waals surface area contributed by atoms with Gasteiger partial charge in [0.05, 0.1) is 34.6 Å². The van der Waals surface area contributed by atoms with Gasteiger partial charge in [0.15, 0.2) is 0 Å². The summed E-state index contributed by atoms with van der Waals surface area (Å²) < 4.78 is 1.94. The molecule has 1 N–H and O–H groups in total. The number of hydrogen-bond donors (Lipinski definition) is 1. The fraction of sp³-hybridized carbons (Fsp3) is 0.438. The van der Waals surface area contributed by atoms with Crippen LogP contribution in [0.3, 0.4) is 0 Å². The number of aliphatic hydroxyl groups excluding tert-OH is 1. The molecule has 2 aromatic heterocycles. The summed E-state index contributed by atoms with van der Waals surface area (Å²) in [6.45, 7) is 3.47. The van der Waals surface area contributed by atoms with Crippen molar-refractivity contribution in [1.29, 1.82) is 0 Å². The maximum atomic E-state index is 12.3. The molecule has 1 fully saturated rings. The van der Waals surface area contributed by atoms with E-state index in [-0.39, 0.29) is 47.2 Å². The number of nitrogens with zero attached hydrogens (tertiary/aromatic N) is 3. The van der Waals surface area contributed by atoms with Crippen LogP contribution < -0.4 is 34.7 Å². The summed E-state index contributed by atoms with van der Waals surface area (Å²) in [4.78, 5) is 31.5. The molecule has 0 unspecified atom stereocenters. The van der Waals surface area contributed by atoms with Crippen LogP contribution in [0, 0.1) is 12.8 Å². The Labute approximate surface area is 180 Å². The van der Waals surface area contributed by atoms with E-state index in [1.807, 2.05) is 17.6 Å². The van der Waals surface area contributed by atoms with E-state index < -0.39 is 18.0 Å². The van der Waals surface area contributed by atoms with Crippen LogP contribution in [0.1, 0.15) is 23.9 Å². The molecule has 4 heterocycles. The van der Waals surface area contributed by atoms with Crippen molar-refractivity contribution in [2.24, 2.45) is 5.92 Å². The molecule has 0 radical (unpaired) electrons. The zero-order valence-electron chi connectivity index (χ0n) is 14.8. The third kappa shape index (κ3) is 2.60. The van der Waals surface area contributed by atoms with E-state index >= 15 is 0 Å². The van der Waals surface area contributed by atoms with Crippen molar-refractivity contribution >= 4 is 45.4 Å². The minimum atomic E-state index is -1.35. The van der Waals surface area contributed by atoms with E-state index in [4.69, 9.17) is 0 Å². The first-order valence-corrected chi connectivity index (χ1v) is 9.87. The molecule has 2 aliphatic heterocycles. The molecule has 0 saturated carbocycles. The van der Waals surface area contributed by atoms with Gasteiger partial charge >= 0.3 is 29.6 Å². The Kier molecular flexibility index (Phi) is 5.33. The normalized spacial score (nSPS) is 23.1. The number of aliphatic hydroxyl groups is 1. The summed E-state index contributed by atoms with van der Waals surface area (Å²) in [5.41, 5.74) is 1.45. The average Bonchev–Trinajstić information content (AvgIpc) is 3.18. The molecule has 0 aliphatic carbocycles. The van der Waals surface area contributed by atoms with Crippen molar-refractivity contribution in [3.05, 3.63) is 22.6 Å². The van der Waals surface area contributed by atoms with Gasteiger partial charge in [0.2, 0.25) is 5.91 Å². The molecule has 26 heavy (non-hydrogen) atoms. The number of imidazole rings is 1. The standard InChI is InChI=1S/C16H17N3O4S2.Na/c1-6-12(25-15-13(24-3)17-5-18(6)15)8-4-9-10(7(2)20)14(21)19(9)11(8)16(22)23;/h5,7,9-10,20H,4H2,1-3H3,(H,22,23);/q;+1/p-1/t7-,9-,10-;/m1./s1. The molecule has 0 spiro atoms. The summed E-state index contributed by atoms with van der Waals surface area (Å²) in [6.07, 6.45) is 3.28. The molecule has 3 atom stereocenters. The number of β-lactam (4-membered cyclic amide) rings is 1. The van der Waals surface area contributed by atoms with Crippen LogP contribution in [0.5, 0.6) is 0 Å². The fourth-order valence-corrected chi connectivity index (χ4v) is 5.78. The van der Waals surface area contributed by atoms with E-state index in [1.54, 1.807) is 13.3 Å². The van der Waals surface area contributed by atoms with Crippen molar-refractivity contribution in [3.8, 4) is 0 Å². The van der Waals surface area contributed by atoms with Crippen LogP contribution >= 0.6 is 23.1 Å². The molecule has 1 saturated heterocycles. The van der Waals surface area contributed by atoms with Gasteiger partial charge in [-0.15, -0.1) is 23.1 Å². The minimum Gasteiger partial charge on any atom is -0.543 e. The Morgan fingerprint density at radius 1 is 1.54 bits per heavy atom. The predicted octanol–water partition coefficient (Wildman–Crippen LogP) is -2.50. The number of hydrogen-bond acceptors (Lipinski definition) is 7. The summed E-state index contributed by atoms with van der Waals surface area (Å²) in [5, 5.41) is 22.5. The SMILES string of the molecule is CSc1ncn2c(C)c(C3=C(C(=O)[O-])N4C(=O)[C@H]([C@@H](C)O)[C@H]4C3)sc12.[Na+]. The number of rotatable bonds is 4. The van der Waals surface area contributed by atoms with Gasteiger partial charge in [-0.3, -0.25) is 9.20 Å². The number of aryl methyl sites for hydroxylation is 1. The molecule has 0 aromatic carbocycles. The maximum absolute atomic E-state index is 12.3. The minimum absolute atomic E-state index is 0. The van der Waals surface area contributed by atoms with Gasteiger partial charge in [0.1, 0.15) is 16.2 Å². The van der Waals surface area contributed by atoms with E-state index in [0.29, 0.717) is 12.0 Å². The number of carboxylic acid groups (broad SMARTS) is 1. The van der Waals surface area contributed by atoms with Gasteiger partial charge in [0.25, 0.3) is 0 Å². The first-order chi connectivity index (χ1) is 11.9. The van der Waals surface area contributed by atoms with Crippen LogP contribution in [0.25, 0.3) is 10.4 Å². The van der Waals surface area contributed by atoms with E-state index in [1.165, 1.54) is 28.0 Å². The van der Waals surface area contributed by atoms with Gasteiger partial charge in [0, 0.05) is 5.69 Å². The van der Waals surface area contributed by atoms with Crippen molar-refractivity contribution in [2.75, 3.05) is 6.26 Å². The second-order valence-corrected chi connectivity index (χ2v) is 8.10. The van der Waals surface area contributed by atoms with E-state index in [9.17, 15) is 19.8 Å². The van der Waals surface area contributed by atoms with Gasteiger partial charge < -0.3 is 19.9 Å². The van der Waals surface area contributed by atoms with Crippen LogP contribution in [0.2, 0.25) is 0 Å². The largest absolute Gasteiger partial charge is 1.00 e. The Morgan fingerprint density at radius 3 is 2.81 bits per heavy atom. The average molecular weight is 401 g/mol. The molecule has 132 valence electrons. The van der Waals surface area contributed by atoms with E-state index in [0.717, 1.165) is 20.4 Å². The number of aliphatic carboxylic acids is 1. The zero-order chi connectivity index (χ0) is 18.0. The molecule has 1 amide bonds. The fourth-order valence-electron chi connectivity index (χ4n) is 3.81. The summed E-state index contributed by atoms with van der Waals surface area (Å²) in [6, 6.07) is -0.311. The predicted molar refractivity (Wildman–Crippen MR) is 91.9 cm³/mol. The van der Waals surface area contributed by atoms with Gasteiger partial charge in [-0.1, -0.05) is 0 Å². The number of aromatic nitrogens is 2. The molecule has 2 aliphatic rings. The monoisotopic (exact) mass is 401 g/mol. The molecule has 4 rings (SSSR count). The molecular weight excluding hydrogens is 385 g/mol. The first-order valence-electron chi connectivity index (χ1n) is 7.83. The van der Waals surface area contributed by atoms with Crippen LogP contribution in [-0.2, 0) is 9.59 Å². The van der Waals surface area contributed by atoms with Crippen LogP contribution in [-0.4, -0.2) is 49.7 Å². The zero-order valence-corrected chi connectivity index (χ0v) is 18.5. The number of carbonyl (C=O) groups excluding carboxylic acids is 2. The number of carboxylic acids is 1. The molecular formula is C16H16N3NaO4S2. The first kappa shape index (κ1) is 19.9.